The van der Waals surface area contributed by atoms with Gasteiger partial charge in [-0.1, -0.05) is 6.92 Å². The molecule has 0 heterocycles. The summed E-state index contributed by atoms with van der Waals surface area (Å²) in [5.74, 6) is -1.85. The predicted octanol–water partition coefficient (Wildman–Crippen LogP) is 1.06. The lowest BCUT2D eigenvalue weighted by Crippen LogP contribution is -2.18. The molecule has 1 aliphatic carbocycles. The van der Waals surface area contributed by atoms with Crippen LogP contribution in [0.1, 0.15) is 13.3 Å². The maximum atomic E-state index is 11.3. The van der Waals surface area contributed by atoms with Crippen molar-refractivity contribution >= 4 is 11.6 Å². The van der Waals surface area contributed by atoms with E-state index in [2.05, 4.69) is 0 Å². The zero-order valence-corrected chi connectivity index (χ0v) is 7.65. The molecule has 0 aromatic carbocycles. The Bertz CT molecular complexity index is 385. The van der Waals surface area contributed by atoms with E-state index in [1.165, 1.54) is 6.08 Å². The zero-order chi connectivity index (χ0) is 10.7. The highest BCUT2D eigenvalue weighted by molar-refractivity contribution is 6.19. The summed E-state index contributed by atoms with van der Waals surface area (Å²) in [6.45, 7) is 1.67. The SMILES string of the molecule is CC(CC#N)C1=CC(=O)C=C(O)C1=O. The van der Waals surface area contributed by atoms with Crippen molar-refractivity contribution in [3.05, 3.63) is 23.5 Å². The van der Waals surface area contributed by atoms with Gasteiger partial charge in [0.15, 0.2) is 11.5 Å². The molecular formula is C10H9NO3. The topological polar surface area (TPSA) is 78.2 Å². The number of carbonyl (C=O) groups excluding carboxylic acids is 2. The van der Waals surface area contributed by atoms with Gasteiger partial charge in [0.2, 0.25) is 5.78 Å². The Morgan fingerprint density at radius 3 is 2.71 bits per heavy atom. The number of hydrogen-bond donors (Lipinski definition) is 1. The molecule has 1 aliphatic rings. The Hall–Kier alpha value is -1.89. The highest BCUT2D eigenvalue weighted by Crippen LogP contribution is 2.21. The van der Waals surface area contributed by atoms with Crippen LogP contribution in [0.3, 0.4) is 0 Å². The standard InChI is InChI=1S/C10H9NO3/c1-6(2-3-11)8-4-7(12)5-9(13)10(8)14/h4-6,13H,2H2,1H3. The van der Waals surface area contributed by atoms with Crippen LogP contribution in [0, 0.1) is 17.2 Å². The van der Waals surface area contributed by atoms with E-state index in [1.54, 1.807) is 6.92 Å². The lowest BCUT2D eigenvalue weighted by Gasteiger charge is -2.13. The molecule has 0 spiro atoms. The minimum Gasteiger partial charge on any atom is -0.504 e. The minimum atomic E-state index is -0.563. The molecule has 4 heteroatoms. The Labute approximate surface area is 81.1 Å². The van der Waals surface area contributed by atoms with Crippen molar-refractivity contribution in [3.8, 4) is 6.07 Å². The Balaban J connectivity index is 2.95. The number of ketones is 2. The molecule has 0 aromatic heterocycles. The van der Waals surface area contributed by atoms with Gasteiger partial charge in [-0.15, -0.1) is 0 Å². The largest absolute Gasteiger partial charge is 0.504 e. The van der Waals surface area contributed by atoms with Crippen molar-refractivity contribution in [2.24, 2.45) is 5.92 Å². The van der Waals surface area contributed by atoms with Crippen molar-refractivity contribution in [3.63, 3.8) is 0 Å². The summed E-state index contributed by atoms with van der Waals surface area (Å²) < 4.78 is 0. The number of allylic oxidation sites excluding steroid dienone is 3. The highest BCUT2D eigenvalue weighted by atomic mass is 16.3. The fraction of sp³-hybridized carbons (Fsp3) is 0.300. The van der Waals surface area contributed by atoms with Gasteiger partial charge in [0, 0.05) is 18.1 Å². The number of nitrogens with zero attached hydrogens (tertiary/aromatic N) is 1. The maximum absolute atomic E-state index is 11.3. The minimum absolute atomic E-state index is 0.151. The normalized spacial score (nSPS) is 18.3. The molecule has 0 aromatic rings. The highest BCUT2D eigenvalue weighted by Gasteiger charge is 2.24. The monoisotopic (exact) mass is 191 g/mol. The van der Waals surface area contributed by atoms with Crippen LogP contribution >= 0.6 is 0 Å². The molecule has 0 aliphatic heterocycles. The molecule has 0 radical (unpaired) electrons. The van der Waals surface area contributed by atoms with E-state index in [9.17, 15) is 9.59 Å². The molecule has 0 bridgehead atoms. The van der Waals surface area contributed by atoms with Crippen molar-refractivity contribution < 1.29 is 14.7 Å². The smallest absolute Gasteiger partial charge is 0.223 e. The summed E-state index contributed by atoms with van der Waals surface area (Å²) in [4.78, 5) is 22.3. The summed E-state index contributed by atoms with van der Waals surface area (Å²) >= 11 is 0. The second-order valence-electron chi connectivity index (χ2n) is 3.12. The van der Waals surface area contributed by atoms with Gasteiger partial charge >= 0.3 is 0 Å². The number of carbonyl (C=O) groups is 2. The molecule has 1 N–H and O–H groups in total. The molecule has 4 nitrogen and oxygen atoms in total. The van der Waals surface area contributed by atoms with Gasteiger partial charge < -0.3 is 5.11 Å². The van der Waals surface area contributed by atoms with E-state index >= 15 is 0 Å². The fourth-order valence-corrected chi connectivity index (χ4v) is 1.22. The van der Waals surface area contributed by atoms with Crippen LogP contribution in [0.2, 0.25) is 0 Å². The van der Waals surface area contributed by atoms with E-state index in [0.717, 1.165) is 6.08 Å². The van der Waals surface area contributed by atoms with Gasteiger partial charge in [-0.25, -0.2) is 0 Å². The van der Waals surface area contributed by atoms with Gasteiger partial charge in [-0.2, -0.15) is 5.26 Å². The van der Waals surface area contributed by atoms with Crippen LogP contribution in [0.25, 0.3) is 0 Å². The first-order valence-electron chi connectivity index (χ1n) is 4.14. The molecule has 0 saturated carbocycles. The molecule has 0 saturated heterocycles. The summed E-state index contributed by atoms with van der Waals surface area (Å²) in [5.41, 5.74) is 0.205. The van der Waals surface area contributed by atoms with Crippen molar-refractivity contribution in [1.29, 1.82) is 5.26 Å². The third-order valence-electron chi connectivity index (χ3n) is 2.00. The first-order chi connectivity index (χ1) is 6.56. The van der Waals surface area contributed by atoms with Crippen molar-refractivity contribution in [1.82, 2.24) is 0 Å². The van der Waals surface area contributed by atoms with Gasteiger partial charge in [-0.3, -0.25) is 9.59 Å². The number of aliphatic hydroxyl groups excluding tert-OH is 1. The van der Waals surface area contributed by atoms with Gasteiger partial charge in [0.1, 0.15) is 0 Å². The average molecular weight is 191 g/mol. The summed E-state index contributed by atoms with van der Waals surface area (Å²) in [5, 5.41) is 17.5. The van der Waals surface area contributed by atoms with Crippen LogP contribution in [-0.4, -0.2) is 16.7 Å². The van der Waals surface area contributed by atoms with Crippen LogP contribution in [0.15, 0.2) is 23.5 Å². The fourth-order valence-electron chi connectivity index (χ4n) is 1.22. The van der Waals surface area contributed by atoms with Gasteiger partial charge in [0.25, 0.3) is 0 Å². The predicted molar refractivity (Wildman–Crippen MR) is 48.2 cm³/mol. The quantitative estimate of drug-likeness (QED) is 0.662. The van der Waals surface area contributed by atoms with Crippen LogP contribution < -0.4 is 0 Å². The molecule has 0 fully saturated rings. The van der Waals surface area contributed by atoms with E-state index < -0.39 is 17.3 Å². The zero-order valence-electron chi connectivity index (χ0n) is 7.65. The molecular weight excluding hydrogens is 182 g/mol. The molecule has 0 amide bonds. The lowest BCUT2D eigenvalue weighted by molar-refractivity contribution is -0.117. The number of Topliss-reactive ketones (excluding diaryl/α,β-unsaturated/α-hetero) is 1. The van der Waals surface area contributed by atoms with E-state index in [1.807, 2.05) is 6.07 Å². The summed E-state index contributed by atoms with van der Waals surface area (Å²) in [6.07, 6.45) is 2.20. The number of hydrogen-bond acceptors (Lipinski definition) is 4. The molecule has 14 heavy (non-hydrogen) atoms. The van der Waals surface area contributed by atoms with Gasteiger partial charge in [-0.05, 0) is 12.0 Å². The lowest BCUT2D eigenvalue weighted by atomic mass is 9.90. The third-order valence-corrected chi connectivity index (χ3v) is 2.00. The second kappa shape index (κ2) is 3.88. The first kappa shape index (κ1) is 10.2. The molecule has 72 valence electrons. The second-order valence-corrected chi connectivity index (χ2v) is 3.12. The van der Waals surface area contributed by atoms with Crippen LogP contribution in [-0.2, 0) is 9.59 Å². The van der Waals surface area contributed by atoms with E-state index in [-0.39, 0.29) is 17.9 Å². The summed E-state index contributed by atoms with van der Waals surface area (Å²) in [6, 6.07) is 1.91. The number of nitriles is 1. The van der Waals surface area contributed by atoms with E-state index in [0.29, 0.717) is 0 Å². The number of rotatable bonds is 2. The van der Waals surface area contributed by atoms with E-state index in [4.69, 9.17) is 10.4 Å². The molecule has 1 rings (SSSR count). The van der Waals surface area contributed by atoms with Crippen molar-refractivity contribution in [2.75, 3.05) is 0 Å². The maximum Gasteiger partial charge on any atom is 0.223 e. The molecule has 1 unspecified atom stereocenters. The average Bonchev–Trinajstić information content (AvgIpc) is 2.11. The summed E-state index contributed by atoms with van der Waals surface area (Å²) in [7, 11) is 0. The Kier molecular flexibility index (Phi) is 2.82. The van der Waals surface area contributed by atoms with Gasteiger partial charge in [0.05, 0.1) is 6.07 Å². The third kappa shape index (κ3) is 1.88. The van der Waals surface area contributed by atoms with Crippen molar-refractivity contribution in [2.45, 2.75) is 13.3 Å². The number of aliphatic hydroxyl groups is 1. The Morgan fingerprint density at radius 2 is 2.14 bits per heavy atom. The van der Waals surface area contributed by atoms with Crippen LogP contribution in [0.5, 0.6) is 0 Å². The van der Waals surface area contributed by atoms with Crippen LogP contribution in [0.4, 0.5) is 0 Å². The molecule has 1 atom stereocenters. The Morgan fingerprint density at radius 1 is 1.50 bits per heavy atom. The first-order valence-corrected chi connectivity index (χ1v) is 4.14.